The lowest BCUT2D eigenvalue weighted by Gasteiger charge is -2.18. The van der Waals surface area contributed by atoms with Gasteiger partial charge in [0.15, 0.2) is 0 Å². The summed E-state index contributed by atoms with van der Waals surface area (Å²) in [5.74, 6) is 0.533. The molecule has 24 heavy (non-hydrogen) atoms. The lowest BCUT2D eigenvalue weighted by Crippen LogP contribution is -2.44. The van der Waals surface area contributed by atoms with Crippen LogP contribution in [0.3, 0.4) is 0 Å². The molecule has 0 radical (unpaired) electrons. The zero-order valence-corrected chi connectivity index (χ0v) is 14.2. The molecule has 3 atom stereocenters. The summed E-state index contributed by atoms with van der Waals surface area (Å²) in [5.41, 5.74) is 6.88. The molecular weight excluding hydrogens is 316 g/mol. The summed E-state index contributed by atoms with van der Waals surface area (Å²) in [5, 5.41) is 2.91. The maximum Gasteiger partial charge on any atom is 0.387 e. The van der Waals surface area contributed by atoms with Gasteiger partial charge in [-0.3, -0.25) is 10.2 Å². The van der Waals surface area contributed by atoms with Gasteiger partial charge in [0.2, 0.25) is 5.91 Å². The Morgan fingerprint density at radius 2 is 2.08 bits per heavy atom. The molecule has 0 aliphatic carbocycles. The molecule has 0 saturated carbocycles. The van der Waals surface area contributed by atoms with Crippen molar-refractivity contribution in [3.05, 3.63) is 29.8 Å². The average Bonchev–Trinajstić information content (AvgIpc) is 2.94. The molecule has 0 bridgehead atoms. The molecule has 5 nitrogen and oxygen atoms in total. The van der Waals surface area contributed by atoms with Crippen molar-refractivity contribution in [1.29, 1.82) is 0 Å². The highest BCUT2D eigenvalue weighted by molar-refractivity contribution is 5.82. The van der Waals surface area contributed by atoms with Crippen LogP contribution >= 0.6 is 0 Å². The van der Waals surface area contributed by atoms with Crippen molar-refractivity contribution in [3.63, 3.8) is 0 Å². The quantitative estimate of drug-likeness (QED) is 0.714. The van der Waals surface area contributed by atoms with E-state index in [0.29, 0.717) is 11.5 Å². The van der Waals surface area contributed by atoms with Crippen LogP contribution in [0.15, 0.2) is 24.3 Å². The fourth-order valence-electron chi connectivity index (χ4n) is 2.87. The molecule has 1 aromatic carbocycles. The minimum Gasteiger partial charge on any atom is -0.435 e. The van der Waals surface area contributed by atoms with E-state index in [9.17, 15) is 13.6 Å². The van der Waals surface area contributed by atoms with Crippen LogP contribution in [-0.2, 0) is 4.79 Å². The van der Waals surface area contributed by atoms with Crippen molar-refractivity contribution in [2.75, 3.05) is 0 Å². The van der Waals surface area contributed by atoms with Crippen molar-refractivity contribution in [3.8, 4) is 5.75 Å². The van der Waals surface area contributed by atoms with E-state index in [4.69, 9.17) is 0 Å². The lowest BCUT2D eigenvalue weighted by molar-refractivity contribution is -0.123. The van der Waals surface area contributed by atoms with Gasteiger partial charge in [-0.15, -0.1) is 0 Å². The molecule has 1 fully saturated rings. The SMILES string of the molecule is CC(C)CC1CC(C(=O)NC(C)c2cccc(OC(F)F)c2)NN1. The van der Waals surface area contributed by atoms with Gasteiger partial charge < -0.3 is 10.1 Å². The number of hydrogen-bond donors (Lipinski definition) is 3. The van der Waals surface area contributed by atoms with Gasteiger partial charge in [0, 0.05) is 6.04 Å². The smallest absolute Gasteiger partial charge is 0.387 e. The summed E-state index contributed by atoms with van der Waals surface area (Å²) in [7, 11) is 0. The third kappa shape index (κ3) is 5.42. The van der Waals surface area contributed by atoms with Gasteiger partial charge in [0.1, 0.15) is 11.8 Å². The van der Waals surface area contributed by atoms with E-state index in [1.165, 1.54) is 12.1 Å². The summed E-state index contributed by atoms with van der Waals surface area (Å²) in [6.45, 7) is 3.24. The normalized spacial score (nSPS) is 22.0. The largest absolute Gasteiger partial charge is 0.435 e. The Morgan fingerprint density at radius 1 is 1.33 bits per heavy atom. The van der Waals surface area contributed by atoms with Gasteiger partial charge in [-0.1, -0.05) is 26.0 Å². The lowest BCUT2D eigenvalue weighted by atomic mass is 9.99. The zero-order valence-electron chi connectivity index (χ0n) is 14.2. The maximum absolute atomic E-state index is 12.4. The number of nitrogens with one attached hydrogen (secondary N) is 3. The fourth-order valence-corrected chi connectivity index (χ4v) is 2.87. The fraction of sp³-hybridized carbons (Fsp3) is 0.588. The molecule has 1 heterocycles. The molecule has 1 saturated heterocycles. The van der Waals surface area contributed by atoms with Crippen LogP contribution in [0, 0.1) is 5.92 Å². The van der Waals surface area contributed by atoms with Crippen molar-refractivity contribution in [2.24, 2.45) is 5.92 Å². The predicted octanol–water partition coefficient (Wildman–Crippen LogP) is 2.75. The molecule has 1 aliphatic heterocycles. The van der Waals surface area contributed by atoms with E-state index in [1.807, 2.05) is 6.92 Å². The van der Waals surface area contributed by atoms with Crippen molar-refractivity contribution >= 4 is 5.91 Å². The zero-order chi connectivity index (χ0) is 17.7. The highest BCUT2D eigenvalue weighted by atomic mass is 19.3. The maximum atomic E-state index is 12.4. The van der Waals surface area contributed by atoms with Gasteiger partial charge >= 0.3 is 6.61 Å². The van der Waals surface area contributed by atoms with Crippen LogP contribution in [0.5, 0.6) is 5.75 Å². The van der Waals surface area contributed by atoms with Crippen molar-refractivity contribution in [1.82, 2.24) is 16.2 Å². The predicted molar refractivity (Wildman–Crippen MR) is 87.6 cm³/mol. The highest BCUT2D eigenvalue weighted by Crippen LogP contribution is 2.21. The first kappa shape index (κ1) is 18.6. The first-order valence-electron chi connectivity index (χ1n) is 8.21. The molecule has 1 amide bonds. The summed E-state index contributed by atoms with van der Waals surface area (Å²) in [6.07, 6.45) is 1.73. The third-order valence-corrected chi connectivity index (χ3v) is 4.00. The summed E-state index contributed by atoms with van der Waals surface area (Å²) in [6, 6.07) is 6.05. The number of alkyl halides is 2. The minimum absolute atomic E-state index is 0.0845. The number of halogens is 2. The Bertz CT molecular complexity index is 554. The van der Waals surface area contributed by atoms with Gasteiger partial charge in [-0.25, -0.2) is 5.43 Å². The molecule has 0 spiro atoms. The number of benzene rings is 1. The second-order valence-corrected chi connectivity index (χ2v) is 6.58. The van der Waals surface area contributed by atoms with E-state index in [2.05, 4.69) is 34.8 Å². The van der Waals surface area contributed by atoms with Gasteiger partial charge in [-0.05, 0) is 43.4 Å². The number of carbonyl (C=O) groups is 1. The van der Waals surface area contributed by atoms with Crippen LogP contribution in [0.4, 0.5) is 8.78 Å². The van der Waals surface area contributed by atoms with E-state index in [-0.39, 0.29) is 29.8 Å². The first-order valence-corrected chi connectivity index (χ1v) is 8.21. The van der Waals surface area contributed by atoms with Crippen LogP contribution in [0.25, 0.3) is 0 Å². The summed E-state index contributed by atoms with van der Waals surface area (Å²) >= 11 is 0. The second kappa shape index (κ2) is 8.39. The van der Waals surface area contributed by atoms with Gasteiger partial charge in [0.05, 0.1) is 6.04 Å². The highest BCUT2D eigenvalue weighted by Gasteiger charge is 2.30. The van der Waals surface area contributed by atoms with Gasteiger partial charge in [-0.2, -0.15) is 8.78 Å². The summed E-state index contributed by atoms with van der Waals surface area (Å²) in [4.78, 5) is 12.4. The Balaban J connectivity index is 1.90. The Hall–Kier alpha value is -1.73. The molecule has 1 aromatic rings. The third-order valence-electron chi connectivity index (χ3n) is 4.00. The number of hydrogen-bond acceptors (Lipinski definition) is 4. The van der Waals surface area contributed by atoms with E-state index < -0.39 is 6.61 Å². The topological polar surface area (TPSA) is 62.4 Å². The van der Waals surface area contributed by atoms with Crippen LogP contribution in [0.2, 0.25) is 0 Å². The molecule has 0 aromatic heterocycles. The number of carbonyl (C=O) groups excluding carboxylic acids is 1. The number of ether oxygens (including phenoxy) is 1. The van der Waals surface area contributed by atoms with Gasteiger partial charge in [0.25, 0.3) is 0 Å². The molecule has 3 N–H and O–H groups in total. The number of rotatable bonds is 7. The van der Waals surface area contributed by atoms with E-state index in [1.54, 1.807) is 12.1 Å². The minimum atomic E-state index is -2.86. The molecule has 2 rings (SSSR count). The van der Waals surface area contributed by atoms with Crippen LogP contribution < -0.4 is 20.9 Å². The summed E-state index contributed by atoms with van der Waals surface area (Å²) < 4.78 is 29.0. The molecule has 134 valence electrons. The average molecular weight is 341 g/mol. The Kier molecular flexibility index (Phi) is 6.51. The van der Waals surface area contributed by atoms with E-state index >= 15 is 0 Å². The Morgan fingerprint density at radius 3 is 2.75 bits per heavy atom. The number of hydrazine groups is 1. The monoisotopic (exact) mass is 341 g/mol. The van der Waals surface area contributed by atoms with Crippen LogP contribution in [-0.4, -0.2) is 24.6 Å². The molecule has 3 unspecified atom stereocenters. The van der Waals surface area contributed by atoms with Crippen LogP contribution in [0.1, 0.15) is 45.2 Å². The number of amides is 1. The Labute approximate surface area is 141 Å². The molecular formula is C17H25F2N3O2. The molecule has 1 aliphatic rings. The van der Waals surface area contributed by atoms with Crippen molar-refractivity contribution < 1.29 is 18.3 Å². The standard InChI is InChI=1S/C17H25F2N3O2/c1-10(2)7-13-9-15(22-21-13)16(23)20-11(3)12-5-4-6-14(8-12)24-17(18)19/h4-6,8,10-11,13,15,17,21-22H,7,9H2,1-3H3,(H,20,23). The van der Waals surface area contributed by atoms with E-state index in [0.717, 1.165) is 12.8 Å². The molecule has 7 heteroatoms. The first-order chi connectivity index (χ1) is 11.3. The van der Waals surface area contributed by atoms with Crippen molar-refractivity contribution in [2.45, 2.75) is 58.3 Å². The second-order valence-electron chi connectivity index (χ2n) is 6.58.